The molecular formula is C18H27N3O2. The van der Waals surface area contributed by atoms with Gasteiger partial charge in [0.25, 0.3) is 11.8 Å². The van der Waals surface area contributed by atoms with Crippen LogP contribution in [0.1, 0.15) is 80.1 Å². The highest BCUT2D eigenvalue weighted by atomic mass is 16.2. The number of amides is 2. The SMILES string of the molecule is CC(C)(C)NC(=O)c1cc(C(=O)NC2CCCCCC2)ccn1. The van der Waals surface area contributed by atoms with Crippen LogP contribution in [0, 0.1) is 0 Å². The minimum Gasteiger partial charge on any atom is -0.349 e. The zero-order valence-electron chi connectivity index (χ0n) is 14.3. The Kier molecular flexibility index (Phi) is 5.74. The number of hydrogen-bond donors (Lipinski definition) is 2. The van der Waals surface area contributed by atoms with Gasteiger partial charge in [-0.15, -0.1) is 0 Å². The summed E-state index contributed by atoms with van der Waals surface area (Å²) in [6, 6.07) is 3.46. The molecule has 0 spiro atoms. The van der Waals surface area contributed by atoms with Crippen LogP contribution in [0.25, 0.3) is 0 Å². The molecule has 1 aromatic heterocycles. The molecule has 0 radical (unpaired) electrons. The van der Waals surface area contributed by atoms with Gasteiger partial charge in [-0.25, -0.2) is 0 Å². The summed E-state index contributed by atoms with van der Waals surface area (Å²) in [5.74, 6) is -0.384. The monoisotopic (exact) mass is 317 g/mol. The van der Waals surface area contributed by atoms with E-state index in [0.717, 1.165) is 12.8 Å². The first-order valence-electron chi connectivity index (χ1n) is 8.44. The molecule has 0 aromatic carbocycles. The third kappa shape index (κ3) is 5.66. The van der Waals surface area contributed by atoms with E-state index in [4.69, 9.17) is 0 Å². The Balaban J connectivity index is 2.03. The first kappa shape index (κ1) is 17.4. The number of nitrogens with one attached hydrogen (secondary N) is 2. The first-order chi connectivity index (χ1) is 10.8. The number of rotatable bonds is 3. The van der Waals surface area contributed by atoms with Gasteiger partial charge in [-0.2, -0.15) is 0 Å². The highest BCUT2D eigenvalue weighted by Gasteiger charge is 2.19. The van der Waals surface area contributed by atoms with Gasteiger partial charge in [-0.3, -0.25) is 14.6 Å². The molecule has 2 N–H and O–H groups in total. The van der Waals surface area contributed by atoms with Crippen molar-refractivity contribution in [2.45, 2.75) is 70.9 Å². The molecular weight excluding hydrogens is 290 g/mol. The van der Waals surface area contributed by atoms with Crippen LogP contribution in [-0.4, -0.2) is 28.4 Å². The second-order valence-electron chi connectivity index (χ2n) is 7.30. The summed E-state index contributed by atoms with van der Waals surface area (Å²) in [4.78, 5) is 28.7. The van der Waals surface area contributed by atoms with Crippen molar-refractivity contribution in [2.24, 2.45) is 0 Å². The Morgan fingerprint density at radius 2 is 1.74 bits per heavy atom. The predicted molar refractivity (Wildman–Crippen MR) is 90.4 cm³/mol. The fraction of sp³-hybridized carbons (Fsp3) is 0.611. The van der Waals surface area contributed by atoms with E-state index >= 15 is 0 Å². The smallest absolute Gasteiger partial charge is 0.270 e. The highest BCUT2D eigenvalue weighted by molar-refractivity contribution is 5.98. The average molecular weight is 317 g/mol. The lowest BCUT2D eigenvalue weighted by molar-refractivity contribution is 0.0914. The van der Waals surface area contributed by atoms with Gasteiger partial charge in [0.05, 0.1) is 0 Å². The zero-order valence-corrected chi connectivity index (χ0v) is 14.3. The van der Waals surface area contributed by atoms with Crippen LogP contribution >= 0.6 is 0 Å². The van der Waals surface area contributed by atoms with E-state index in [1.54, 1.807) is 12.1 Å². The fourth-order valence-electron chi connectivity index (χ4n) is 2.79. The van der Waals surface area contributed by atoms with Crippen LogP contribution < -0.4 is 10.6 Å². The van der Waals surface area contributed by atoms with Gasteiger partial charge < -0.3 is 10.6 Å². The standard InChI is InChI=1S/C18H27N3O2/c1-18(2,3)21-17(23)15-12-13(10-11-19-15)16(22)20-14-8-6-4-5-7-9-14/h10-12,14H,4-9H2,1-3H3,(H,20,22)(H,21,23). The van der Waals surface area contributed by atoms with Gasteiger partial charge in [0.15, 0.2) is 0 Å². The van der Waals surface area contributed by atoms with E-state index < -0.39 is 0 Å². The molecule has 1 heterocycles. The van der Waals surface area contributed by atoms with Gasteiger partial charge in [0, 0.05) is 23.3 Å². The molecule has 0 unspecified atom stereocenters. The van der Waals surface area contributed by atoms with Crippen LogP contribution in [0.5, 0.6) is 0 Å². The van der Waals surface area contributed by atoms with E-state index in [1.165, 1.54) is 31.9 Å². The van der Waals surface area contributed by atoms with Gasteiger partial charge in [0.1, 0.15) is 5.69 Å². The summed E-state index contributed by atoms with van der Waals surface area (Å²) in [6.45, 7) is 5.73. The van der Waals surface area contributed by atoms with Crippen molar-refractivity contribution in [1.82, 2.24) is 15.6 Å². The maximum absolute atomic E-state index is 12.4. The molecule has 126 valence electrons. The van der Waals surface area contributed by atoms with E-state index in [1.807, 2.05) is 20.8 Å². The van der Waals surface area contributed by atoms with Crippen molar-refractivity contribution in [3.05, 3.63) is 29.6 Å². The second kappa shape index (κ2) is 7.57. The van der Waals surface area contributed by atoms with Crippen molar-refractivity contribution >= 4 is 11.8 Å². The van der Waals surface area contributed by atoms with Crippen LogP contribution in [0.3, 0.4) is 0 Å². The topological polar surface area (TPSA) is 71.1 Å². The van der Waals surface area contributed by atoms with Crippen molar-refractivity contribution in [3.63, 3.8) is 0 Å². The number of hydrogen-bond acceptors (Lipinski definition) is 3. The molecule has 23 heavy (non-hydrogen) atoms. The summed E-state index contributed by atoms with van der Waals surface area (Å²) >= 11 is 0. The van der Waals surface area contributed by atoms with E-state index in [-0.39, 0.29) is 29.1 Å². The Bertz CT molecular complexity index is 556. The summed E-state index contributed by atoms with van der Waals surface area (Å²) < 4.78 is 0. The largest absolute Gasteiger partial charge is 0.349 e. The molecule has 5 nitrogen and oxygen atoms in total. The molecule has 0 aliphatic heterocycles. The molecule has 1 aliphatic carbocycles. The van der Waals surface area contributed by atoms with Crippen molar-refractivity contribution in [2.75, 3.05) is 0 Å². The molecule has 1 aromatic rings. The molecule has 1 saturated carbocycles. The second-order valence-corrected chi connectivity index (χ2v) is 7.30. The summed E-state index contributed by atoms with van der Waals surface area (Å²) in [7, 11) is 0. The first-order valence-corrected chi connectivity index (χ1v) is 8.44. The lowest BCUT2D eigenvalue weighted by Gasteiger charge is -2.20. The maximum atomic E-state index is 12.4. The van der Waals surface area contributed by atoms with Crippen LogP contribution in [0.2, 0.25) is 0 Å². The third-order valence-corrected chi connectivity index (χ3v) is 3.93. The van der Waals surface area contributed by atoms with Crippen molar-refractivity contribution < 1.29 is 9.59 Å². The van der Waals surface area contributed by atoms with Crippen LogP contribution in [0.4, 0.5) is 0 Å². The van der Waals surface area contributed by atoms with Gasteiger partial charge >= 0.3 is 0 Å². The number of carbonyl (C=O) groups excluding carboxylic acids is 2. The Morgan fingerprint density at radius 3 is 2.35 bits per heavy atom. The molecule has 1 fully saturated rings. The molecule has 0 bridgehead atoms. The zero-order chi connectivity index (χ0) is 16.9. The summed E-state index contributed by atoms with van der Waals surface area (Å²) in [5, 5.41) is 5.95. The van der Waals surface area contributed by atoms with Crippen LogP contribution in [-0.2, 0) is 0 Å². The van der Waals surface area contributed by atoms with Gasteiger partial charge in [0.2, 0.25) is 0 Å². The predicted octanol–water partition coefficient (Wildman–Crippen LogP) is 3.06. The number of pyridine rings is 1. The molecule has 1 aliphatic rings. The minimum atomic E-state index is -0.336. The number of carbonyl (C=O) groups is 2. The maximum Gasteiger partial charge on any atom is 0.270 e. The average Bonchev–Trinajstić information content (AvgIpc) is 2.74. The quantitative estimate of drug-likeness (QED) is 0.842. The Labute approximate surface area is 138 Å². The van der Waals surface area contributed by atoms with Crippen molar-refractivity contribution in [3.8, 4) is 0 Å². The molecule has 2 rings (SSSR count). The van der Waals surface area contributed by atoms with Crippen LogP contribution in [0.15, 0.2) is 18.3 Å². The highest BCUT2D eigenvalue weighted by Crippen LogP contribution is 2.17. The van der Waals surface area contributed by atoms with Crippen molar-refractivity contribution in [1.29, 1.82) is 0 Å². The summed E-state index contributed by atoms with van der Waals surface area (Å²) in [5.41, 5.74) is 0.425. The minimum absolute atomic E-state index is 0.121. The summed E-state index contributed by atoms with van der Waals surface area (Å²) in [6.07, 6.45) is 8.42. The fourth-order valence-corrected chi connectivity index (χ4v) is 2.79. The third-order valence-electron chi connectivity index (χ3n) is 3.93. The molecule has 2 amide bonds. The van der Waals surface area contributed by atoms with E-state index in [9.17, 15) is 9.59 Å². The normalized spacial score (nSPS) is 16.5. The molecule has 0 atom stereocenters. The lowest BCUT2D eigenvalue weighted by Crippen LogP contribution is -2.41. The lowest BCUT2D eigenvalue weighted by atomic mass is 10.1. The molecule has 5 heteroatoms. The number of aromatic nitrogens is 1. The van der Waals surface area contributed by atoms with E-state index in [0.29, 0.717) is 5.56 Å². The Morgan fingerprint density at radius 1 is 1.09 bits per heavy atom. The van der Waals surface area contributed by atoms with E-state index in [2.05, 4.69) is 15.6 Å². The number of nitrogens with zero attached hydrogens (tertiary/aromatic N) is 1. The molecule has 0 saturated heterocycles. The van der Waals surface area contributed by atoms with Gasteiger partial charge in [-0.1, -0.05) is 25.7 Å². The van der Waals surface area contributed by atoms with Gasteiger partial charge in [-0.05, 0) is 45.7 Å². The Hall–Kier alpha value is -1.91.